The lowest BCUT2D eigenvalue weighted by molar-refractivity contribution is -0.126. The van der Waals surface area contributed by atoms with Crippen molar-refractivity contribution in [3.05, 3.63) is 34.3 Å². The smallest absolute Gasteiger partial charge is 0.224 e. The van der Waals surface area contributed by atoms with Gasteiger partial charge >= 0.3 is 0 Å². The Morgan fingerprint density at radius 1 is 1.58 bits per heavy atom. The molecule has 1 aliphatic rings. The normalized spacial score (nSPS) is 20.8. The lowest BCUT2D eigenvalue weighted by atomic mass is 9.98. The molecule has 3 nitrogen and oxygen atoms in total. The van der Waals surface area contributed by atoms with Crippen molar-refractivity contribution < 1.29 is 4.79 Å². The first-order valence-electron chi connectivity index (χ1n) is 6.90. The number of carbonyl (C=O) groups excluding carboxylic acids is 1. The van der Waals surface area contributed by atoms with E-state index in [0.717, 1.165) is 36.8 Å². The zero-order chi connectivity index (χ0) is 13.7. The van der Waals surface area contributed by atoms with Gasteiger partial charge in [-0.2, -0.15) is 0 Å². The Hall–Kier alpha value is -0.870. The lowest BCUT2D eigenvalue weighted by Gasteiger charge is -2.24. The molecule has 1 heterocycles. The van der Waals surface area contributed by atoms with E-state index in [1.807, 2.05) is 12.1 Å². The average molecular weight is 325 g/mol. The number of nitrogens with one attached hydrogen (secondary N) is 2. The van der Waals surface area contributed by atoms with Crippen molar-refractivity contribution in [1.29, 1.82) is 0 Å². The monoisotopic (exact) mass is 324 g/mol. The van der Waals surface area contributed by atoms with Crippen LogP contribution in [-0.2, 0) is 11.2 Å². The van der Waals surface area contributed by atoms with Crippen molar-refractivity contribution in [2.75, 3.05) is 13.1 Å². The van der Waals surface area contributed by atoms with Crippen molar-refractivity contribution >= 4 is 21.8 Å². The minimum Gasteiger partial charge on any atom is -0.353 e. The lowest BCUT2D eigenvalue weighted by Crippen LogP contribution is -2.44. The molecule has 2 atom stereocenters. The van der Waals surface area contributed by atoms with Gasteiger partial charge in [-0.25, -0.2) is 0 Å². The second-order valence-corrected chi connectivity index (χ2v) is 6.20. The maximum atomic E-state index is 12.1. The molecule has 1 saturated heterocycles. The van der Waals surface area contributed by atoms with Gasteiger partial charge in [-0.3, -0.25) is 4.79 Å². The van der Waals surface area contributed by atoms with E-state index in [1.54, 1.807) is 0 Å². The van der Waals surface area contributed by atoms with E-state index in [-0.39, 0.29) is 17.9 Å². The van der Waals surface area contributed by atoms with Gasteiger partial charge in [0.05, 0.1) is 5.92 Å². The van der Waals surface area contributed by atoms with E-state index in [2.05, 4.69) is 45.6 Å². The molecule has 19 heavy (non-hydrogen) atoms. The molecular formula is C15H21BrN2O. The van der Waals surface area contributed by atoms with Gasteiger partial charge in [0.2, 0.25) is 5.91 Å². The molecule has 0 aliphatic carbocycles. The van der Waals surface area contributed by atoms with E-state index in [0.29, 0.717) is 0 Å². The van der Waals surface area contributed by atoms with Gasteiger partial charge in [0.1, 0.15) is 0 Å². The number of hydrogen-bond donors (Lipinski definition) is 2. The zero-order valence-electron chi connectivity index (χ0n) is 11.3. The Morgan fingerprint density at radius 2 is 2.42 bits per heavy atom. The van der Waals surface area contributed by atoms with Crippen molar-refractivity contribution in [3.8, 4) is 0 Å². The molecule has 1 amide bonds. The van der Waals surface area contributed by atoms with Crippen LogP contribution in [0.15, 0.2) is 28.7 Å². The number of carbonyl (C=O) groups is 1. The minimum atomic E-state index is 0.138. The standard InChI is InChI=1S/C15H21BrN2O/c1-11(8-12-4-2-6-14(16)9-12)18-15(19)13-5-3-7-17-10-13/h2,4,6,9,11,13,17H,3,5,7-8,10H2,1H3,(H,18,19). The predicted molar refractivity (Wildman–Crippen MR) is 81.0 cm³/mol. The van der Waals surface area contributed by atoms with Gasteiger partial charge in [0, 0.05) is 17.1 Å². The van der Waals surface area contributed by atoms with Crippen LogP contribution in [0, 0.1) is 5.92 Å². The summed E-state index contributed by atoms with van der Waals surface area (Å²) in [4.78, 5) is 12.1. The van der Waals surface area contributed by atoms with Gasteiger partial charge in [-0.15, -0.1) is 0 Å². The summed E-state index contributed by atoms with van der Waals surface area (Å²) in [5.74, 6) is 0.327. The Bertz CT molecular complexity index is 430. The number of piperidine rings is 1. The fraction of sp³-hybridized carbons (Fsp3) is 0.533. The molecule has 1 aromatic carbocycles. The van der Waals surface area contributed by atoms with Gasteiger partial charge in [0.15, 0.2) is 0 Å². The molecule has 104 valence electrons. The second kappa shape index (κ2) is 7.06. The molecule has 2 N–H and O–H groups in total. The fourth-order valence-electron chi connectivity index (χ4n) is 2.50. The van der Waals surface area contributed by atoms with Crippen LogP contribution in [0.5, 0.6) is 0 Å². The molecular weight excluding hydrogens is 304 g/mol. The molecule has 0 saturated carbocycles. The van der Waals surface area contributed by atoms with Crippen LogP contribution in [-0.4, -0.2) is 25.0 Å². The molecule has 2 rings (SSSR count). The first kappa shape index (κ1) is 14.5. The Balaban J connectivity index is 1.83. The van der Waals surface area contributed by atoms with E-state index in [4.69, 9.17) is 0 Å². The number of hydrogen-bond acceptors (Lipinski definition) is 2. The van der Waals surface area contributed by atoms with E-state index < -0.39 is 0 Å². The van der Waals surface area contributed by atoms with E-state index >= 15 is 0 Å². The summed E-state index contributed by atoms with van der Waals surface area (Å²) >= 11 is 3.47. The van der Waals surface area contributed by atoms with E-state index in [9.17, 15) is 4.79 Å². The van der Waals surface area contributed by atoms with Crippen LogP contribution >= 0.6 is 15.9 Å². The minimum absolute atomic E-state index is 0.138. The molecule has 1 aliphatic heterocycles. The Labute approximate surface area is 123 Å². The third-order valence-electron chi connectivity index (χ3n) is 3.49. The first-order valence-corrected chi connectivity index (χ1v) is 7.70. The van der Waals surface area contributed by atoms with Crippen LogP contribution in [0.3, 0.4) is 0 Å². The number of halogens is 1. The van der Waals surface area contributed by atoms with Crippen molar-refractivity contribution in [2.45, 2.75) is 32.2 Å². The van der Waals surface area contributed by atoms with Crippen LogP contribution < -0.4 is 10.6 Å². The van der Waals surface area contributed by atoms with Crippen molar-refractivity contribution in [2.24, 2.45) is 5.92 Å². The third kappa shape index (κ3) is 4.62. The van der Waals surface area contributed by atoms with Crippen LogP contribution in [0.1, 0.15) is 25.3 Å². The highest BCUT2D eigenvalue weighted by atomic mass is 79.9. The SMILES string of the molecule is CC(Cc1cccc(Br)c1)NC(=O)C1CCCNC1. The molecule has 0 spiro atoms. The second-order valence-electron chi connectivity index (χ2n) is 5.29. The summed E-state index contributed by atoms with van der Waals surface area (Å²) in [6.07, 6.45) is 2.96. The summed E-state index contributed by atoms with van der Waals surface area (Å²) in [5, 5.41) is 6.40. The topological polar surface area (TPSA) is 41.1 Å². The number of rotatable bonds is 4. The number of benzene rings is 1. The highest BCUT2D eigenvalue weighted by Gasteiger charge is 2.21. The molecule has 4 heteroatoms. The summed E-state index contributed by atoms with van der Waals surface area (Å²) < 4.78 is 1.08. The molecule has 0 radical (unpaired) electrons. The van der Waals surface area contributed by atoms with Crippen LogP contribution in [0.25, 0.3) is 0 Å². The fourth-order valence-corrected chi connectivity index (χ4v) is 2.95. The molecule has 0 aromatic heterocycles. The largest absolute Gasteiger partial charge is 0.353 e. The van der Waals surface area contributed by atoms with Gasteiger partial charge in [-0.1, -0.05) is 28.1 Å². The number of amides is 1. The van der Waals surface area contributed by atoms with Crippen LogP contribution in [0.2, 0.25) is 0 Å². The van der Waals surface area contributed by atoms with Gasteiger partial charge in [-0.05, 0) is 50.4 Å². The average Bonchev–Trinajstić information content (AvgIpc) is 2.39. The highest BCUT2D eigenvalue weighted by molar-refractivity contribution is 9.10. The summed E-state index contributed by atoms with van der Waals surface area (Å²) in [6.45, 7) is 3.92. The third-order valence-corrected chi connectivity index (χ3v) is 3.98. The maximum absolute atomic E-state index is 12.1. The van der Waals surface area contributed by atoms with E-state index in [1.165, 1.54) is 5.56 Å². The molecule has 2 unspecified atom stereocenters. The van der Waals surface area contributed by atoms with Gasteiger partial charge < -0.3 is 10.6 Å². The first-order chi connectivity index (χ1) is 9.15. The molecule has 0 bridgehead atoms. The zero-order valence-corrected chi connectivity index (χ0v) is 12.9. The summed E-state index contributed by atoms with van der Waals surface area (Å²) in [7, 11) is 0. The van der Waals surface area contributed by atoms with Crippen LogP contribution in [0.4, 0.5) is 0 Å². The van der Waals surface area contributed by atoms with Gasteiger partial charge in [0.25, 0.3) is 0 Å². The summed E-state index contributed by atoms with van der Waals surface area (Å²) in [6, 6.07) is 8.41. The Morgan fingerprint density at radius 3 is 3.11 bits per heavy atom. The van der Waals surface area contributed by atoms with Crippen molar-refractivity contribution in [3.63, 3.8) is 0 Å². The summed E-state index contributed by atoms with van der Waals surface area (Å²) in [5.41, 5.74) is 1.24. The van der Waals surface area contributed by atoms with Crippen molar-refractivity contribution in [1.82, 2.24) is 10.6 Å². The Kier molecular flexibility index (Phi) is 5.40. The maximum Gasteiger partial charge on any atom is 0.224 e. The molecule has 1 aromatic rings. The quantitative estimate of drug-likeness (QED) is 0.893. The predicted octanol–water partition coefficient (Wildman–Crippen LogP) is 2.50. The molecule has 1 fully saturated rings. The highest BCUT2D eigenvalue weighted by Crippen LogP contribution is 2.14.